The molecule has 3 aromatic rings. The molecule has 0 bridgehead atoms. The summed E-state index contributed by atoms with van der Waals surface area (Å²) in [5, 5.41) is 15.0. The third-order valence-electron chi connectivity index (χ3n) is 4.49. The SMILES string of the molecule is C1CCOC1.c1cc2[nH]nc(-c3cn[nH]c3)c2c(OC2CCOCC2)n1. The van der Waals surface area contributed by atoms with E-state index in [0.29, 0.717) is 5.88 Å². The maximum Gasteiger partial charge on any atom is 0.225 e. The number of H-pyrrole nitrogens is 2. The van der Waals surface area contributed by atoms with Gasteiger partial charge < -0.3 is 14.2 Å². The molecule has 5 heterocycles. The summed E-state index contributed by atoms with van der Waals surface area (Å²) in [6, 6.07) is 1.89. The second kappa shape index (κ2) is 8.29. The fourth-order valence-corrected chi connectivity index (χ4v) is 3.08. The van der Waals surface area contributed by atoms with Crippen molar-refractivity contribution in [2.75, 3.05) is 26.4 Å². The lowest BCUT2D eigenvalue weighted by atomic mass is 10.1. The zero-order valence-electron chi connectivity index (χ0n) is 14.6. The summed E-state index contributed by atoms with van der Waals surface area (Å²) in [6.45, 7) is 3.47. The zero-order chi connectivity index (χ0) is 17.6. The number of pyridine rings is 1. The molecule has 2 saturated heterocycles. The number of aromatic nitrogens is 5. The molecule has 0 atom stereocenters. The van der Waals surface area contributed by atoms with Crippen LogP contribution in [0.1, 0.15) is 25.7 Å². The van der Waals surface area contributed by atoms with Crippen molar-refractivity contribution in [3.8, 4) is 17.1 Å². The molecular weight excluding hydrogens is 334 g/mol. The Hall–Kier alpha value is -2.45. The van der Waals surface area contributed by atoms with Gasteiger partial charge in [-0.05, 0) is 18.9 Å². The van der Waals surface area contributed by atoms with E-state index in [1.807, 2.05) is 6.07 Å². The van der Waals surface area contributed by atoms with Gasteiger partial charge in [-0.3, -0.25) is 10.2 Å². The van der Waals surface area contributed by atoms with Gasteiger partial charge in [0.1, 0.15) is 11.8 Å². The summed E-state index contributed by atoms with van der Waals surface area (Å²) in [5.74, 6) is 0.615. The maximum atomic E-state index is 6.08. The summed E-state index contributed by atoms with van der Waals surface area (Å²) in [7, 11) is 0. The number of nitrogens with zero attached hydrogens (tertiary/aromatic N) is 3. The van der Waals surface area contributed by atoms with Crippen LogP contribution in [0.4, 0.5) is 0 Å². The van der Waals surface area contributed by atoms with Gasteiger partial charge in [0.15, 0.2) is 0 Å². The van der Waals surface area contributed by atoms with E-state index in [9.17, 15) is 0 Å². The highest BCUT2D eigenvalue weighted by molar-refractivity contribution is 5.96. The zero-order valence-corrected chi connectivity index (χ0v) is 14.6. The monoisotopic (exact) mass is 357 g/mol. The van der Waals surface area contributed by atoms with Crippen LogP contribution in [0, 0.1) is 0 Å². The van der Waals surface area contributed by atoms with Crippen molar-refractivity contribution in [3.05, 3.63) is 24.7 Å². The van der Waals surface area contributed by atoms with Crippen LogP contribution in [0.25, 0.3) is 22.2 Å². The van der Waals surface area contributed by atoms with Crippen molar-refractivity contribution in [1.29, 1.82) is 0 Å². The molecule has 2 fully saturated rings. The van der Waals surface area contributed by atoms with Gasteiger partial charge in [0.05, 0.1) is 30.3 Å². The Morgan fingerprint density at radius 2 is 1.88 bits per heavy atom. The topological polar surface area (TPSA) is 97.9 Å². The number of rotatable bonds is 3. The van der Waals surface area contributed by atoms with Gasteiger partial charge in [0.2, 0.25) is 5.88 Å². The predicted molar refractivity (Wildman–Crippen MR) is 96.0 cm³/mol. The standard InChI is InChI=1S/C14H15N5O2.C4H8O/c1-4-15-14(21-10-2-5-20-6-3-10)12-11(1)18-19-13(12)9-7-16-17-8-9;1-2-4-5-3-1/h1,4,7-8,10H,2-3,5-6H2,(H,16,17)(H,18,19);1-4H2. The van der Waals surface area contributed by atoms with Crippen molar-refractivity contribution in [2.45, 2.75) is 31.8 Å². The number of hydrogen-bond donors (Lipinski definition) is 2. The molecule has 3 aromatic heterocycles. The van der Waals surface area contributed by atoms with Gasteiger partial charge in [0, 0.05) is 44.0 Å². The van der Waals surface area contributed by atoms with Gasteiger partial charge in [-0.1, -0.05) is 0 Å². The summed E-state index contributed by atoms with van der Waals surface area (Å²) >= 11 is 0. The van der Waals surface area contributed by atoms with Gasteiger partial charge in [-0.2, -0.15) is 10.2 Å². The summed E-state index contributed by atoms with van der Waals surface area (Å²) in [6.07, 6.45) is 9.74. The molecule has 0 saturated carbocycles. The maximum absolute atomic E-state index is 6.08. The number of aromatic amines is 2. The Kier molecular flexibility index (Phi) is 5.41. The predicted octanol–water partition coefficient (Wildman–Crippen LogP) is 2.70. The van der Waals surface area contributed by atoms with E-state index >= 15 is 0 Å². The first-order valence-corrected chi connectivity index (χ1v) is 9.06. The molecular formula is C18H23N5O3. The van der Waals surface area contributed by atoms with Crippen LogP contribution in [0.15, 0.2) is 24.7 Å². The Balaban J connectivity index is 0.000000292. The van der Waals surface area contributed by atoms with Crippen LogP contribution in [-0.2, 0) is 9.47 Å². The van der Waals surface area contributed by atoms with Gasteiger partial charge >= 0.3 is 0 Å². The van der Waals surface area contributed by atoms with Crippen LogP contribution >= 0.6 is 0 Å². The van der Waals surface area contributed by atoms with Crippen molar-refractivity contribution < 1.29 is 14.2 Å². The van der Waals surface area contributed by atoms with Crippen LogP contribution in [-0.4, -0.2) is 57.9 Å². The summed E-state index contributed by atoms with van der Waals surface area (Å²) < 4.78 is 16.4. The van der Waals surface area contributed by atoms with Gasteiger partial charge in [-0.25, -0.2) is 4.98 Å². The third-order valence-corrected chi connectivity index (χ3v) is 4.49. The van der Waals surface area contributed by atoms with E-state index in [1.54, 1.807) is 18.6 Å². The van der Waals surface area contributed by atoms with Crippen LogP contribution in [0.5, 0.6) is 5.88 Å². The normalized spacial score (nSPS) is 17.8. The molecule has 0 aromatic carbocycles. The van der Waals surface area contributed by atoms with E-state index in [4.69, 9.17) is 14.2 Å². The molecule has 2 N–H and O–H groups in total. The molecule has 0 radical (unpaired) electrons. The molecule has 2 aliphatic rings. The van der Waals surface area contributed by atoms with Crippen molar-refractivity contribution >= 4 is 10.9 Å². The van der Waals surface area contributed by atoms with Crippen LogP contribution < -0.4 is 4.74 Å². The summed E-state index contributed by atoms with van der Waals surface area (Å²) in [4.78, 5) is 4.39. The Bertz CT molecular complexity index is 800. The molecule has 5 rings (SSSR count). The fourth-order valence-electron chi connectivity index (χ4n) is 3.08. The van der Waals surface area contributed by atoms with Gasteiger partial charge in [-0.15, -0.1) is 0 Å². The number of ether oxygens (including phenoxy) is 3. The van der Waals surface area contributed by atoms with E-state index < -0.39 is 0 Å². The third kappa shape index (κ3) is 3.86. The highest BCUT2D eigenvalue weighted by atomic mass is 16.5. The molecule has 0 unspecified atom stereocenters. The smallest absolute Gasteiger partial charge is 0.225 e. The largest absolute Gasteiger partial charge is 0.474 e. The van der Waals surface area contributed by atoms with Crippen molar-refractivity contribution in [1.82, 2.24) is 25.4 Å². The van der Waals surface area contributed by atoms with E-state index in [1.165, 1.54) is 12.8 Å². The van der Waals surface area contributed by atoms with E-state index in [2.05, 4.69) is 25.4 Å². The number of nitrogens with one attached hydrogen (secondary N) is 2. The quantitative estimate of drug-likeness (QED) is 0.748. The van der Waals surface area contributed by atoms with Crippen molar-refractivity contribution in [3.63, 3.8) is 0 Å². The molecule has 8 nitrogen and oxygen atoms in total. The first-order chi connectivity index (χ1) is 12.9. The molecule has 2 aliphatic heterocycles. The minimum Gasteiger partial charge on any atom is -0.474 e. The first-order valence-electron chi connectivity index (χ1n) is 9.06. The average molecular weight is 357 g/mol. The Morgan fingerprint density at radius 3 is 2.58 bits per heavy atom. The highest BCUT2D eigenvalue weighted by Gasteiger charge is 2.20. The van der Waals surface area contributed by atoms with Gasteiger partial charge in [0.25, 0.3) is 0 Å². The van der Waals surface area contributed by atoms with Crippen LogP contribution in [0.3, 0.4) is 0 Å². The first kappa shape index (κ1) is 17.0. The minimum atomic E-state index is 0.143. The minimum absolute atomic E-state index is 0.143. The average Bonchev–Trinajstić information content (AvgIpc) is 3.44. The van der Waals surface area contributed by atoms with E-state index in [-0.39, 0.29) is 6.10 Å². The van der Waals surface area contributed by atoms with Crippen molar-refractivity contribution in [2.24, 2.45) is 0 Å². The fraction of sp³-hybridized carbons (Fsp3) is 0.500. The number of fused-ring (bicyclic) bond motifs is 1. The second-order valence-corrected chi connectivity index (χ2v) is 6.35. The van der Waals surface area contributed by atoms with Crippen LogP contribution in [0.2, 0.25) is 0 Å². The molecule has 26 heavy (non-hydrogen) atoms. The molecule has 0 amide bonds. The molecule has 8 heteroatoms. The Morgan fingerprint density at radius 1 is 1.08 bits per heavy atom. The molecule has 0 spiro atoms. The Labute approximate surface area is 151 Å². The highest BCUT2D eigenvalue weighted by Crippen LogP contribution is 2.32. The summed E-state index contributed by atoms with van der Waals surface area (Å²) in [5.41, 5.74) is 2.61. The lowest BCUT2D eigenvalue weighted by molar-refractivity contribution is 0.0244. The second-order valence-electron chi connectivity index (χ2n) is 6.35. The lowest BCUT2D eigenvalue weighted by Crippen LogP contribution is -2.26. The van der Waals surface area contributed by atoms with E-state index in [0.717, 1.165) is 61.4 Å². The number of hydrogen-bond acceptors (Lipinski definition) is 6. The lowest BCUT2D eigenvalue weighted by Gasteiger charge is -2.23. The molecule has 138 valence electrons. The molecule has 0 aliphatic carbocycles.